The minimum Gasteiger partial charge on any atom is -0.462 e. The van der Waals surface area contributed by atoms with E-state index in [1.165, 1.54) is 20.8 Å². The van der Waals surface area contributed by atoms with Gasteiger partial charge < -0.3 is 24.4 Å². The van der Waals surface area contributed by atoms with E-state index < -0.39 is 65.2 Å². The Balaban J connectivity index is 2.27. The first-order chi connectivity index (χ1) is 14.8. The summed E-state index contributed by atoms with van der Waals surface area (Å²) in [5, 5.41) is 23.4. The van der Waals surface area contributed by atoms with Gasteiger partial charge in [0.05, 0.1) is 12.0 Å². The van der Waals surface area contributed by atoms with Gasteiger partial charge in [-0.15, -0.1) is 0 Å². The molecule has 2 fully saturated rings. The summed E-state index contributed by atoms with van der Waals surface area (Å²) in [5.41, 5.74) is -1.55. The second kappa shape index (κ2) is 8.63. The number of aliphatic hydroxyl groups is 2. The summed E-state index contributed by atoms with van der Waals surface area (Å²) < 4.78 is 16.9. The fourth-order valence-electron chi connectivity index (χ4n) is 5.73. The summed E-state index contributed by atoms with van der Waals surface area (Å²) in [6.07, 6.45) is -0.538. The normalized spacial score (nSPS) is 43.8. The number of allylic oxidation sites excluding steroid dienone is 1. The molecular formula is C24H34O8. The summed E-state index contributed by atoms with van der Waals surface area (Å²) >= 11 is 0. The third-order valence-corrected chi connectivity index (χ3v) is 7.60. The van der Waals surface area contributed by atoms with Crippen LogP contribution in [0.4, 0.5) is 0 Å². The van der Waals surface area contributed by atoms with E-state index in [4.69, 9.17) is 14.2 Å². The molecule has 0 aromatic heterocycles. The summed E-state index contributed by atoms with van der Waals surface area (Å²) in [4.78, 5) is 36.7. The van der Waals surface area contributed by atoms with Crippen LogP contribution in [-0.2, 0) is 28.6 Å². The van der Waals surface area contributed by atoms with Gasteiger partial charge in [-0.25, -0.2) is 0 Å². The fourth-order valence-corrected chi connectivity index (χ4v) is 5.73. The molecule has 1 saturated carbocycles. The molecule has 1 aliphatic heterocycles. The van der Waals surface area contributed by atoms with Gasteiger partial charge in [0, 0.05) is 25.2 Å². The molecule has 8 heteroatoms. The zero-order valence-corrected chi connectivity index (χ0v) is 19.4. The van der Waals surface area contributed by atoms with Crippen molar-refractivity contribution in [2.24, 2.45) is 17.3 Å². The van der Waals surface area contributed by atoms with Crippen LogP contribution in [0.2, 0.25) is 0 Å². The Labute approximate surface area is 188 Å². The van der Waals surface area contributed by atoms with Crippen LogP contribution in [-0.4, -0.2) is 58.1 Å². The molecule has 0 aromatic carbocycles. The number of hydrogen-bond donors (Lipinski definition) is 2. The average Bonchev–Trinajstić information content (AvgIpc) is 2.90. The van der Waals surface area contributed by atoms with E-state index in [1.807, 2.05) is 6.92 Å². The lowest BCUT2D eigenvalue weighted by molar-refractivity contribution is -0.214. The second-order valence-corrected chi connectivity index (χ2v) is 9.70. The van der Waals surface area contributed by atoms with E-state index in [1.54, 1.807) is 13.0 Å². The Morgan fingerprint density at radius 1 is 1.19 bits per heavy atom. The molecule has 8 nitrogen and oxygen atoms in total. The van der Waals surface area contributed by atoms with E-state index in [-0.39, 0.29) is 0 Å². The monoisotopic (exact) mass is 450 g/mol. The number of carbonyl (C=O) groups is 3. The second-order valence-electron chi connectivity index (χ2n) is 9.70. The van der Waals surface area contributed by atoms with E-state index in [0.29, 0.717) is 31.3 Å². The number of fused-ring (bicyclic) bond motifs is 2. The van der Waals surface area contributed by atoms with Gasteiger partial charge in [0.15, 0.2) is 11.7 Å². The Morgan fingerprint density at radius 2 is 1.81 bits per heavy atom. The maximum atomic E-state index is 12.6. The standard InChI is InChI=1S/C24H34O8/c1-12-7-9-17(27)23(6)18(30-15(4)25)10-8-13(2)20(23)21(31-16(5)26)24(29)14(3)22(28)32-19(24)11-12/h11,14,17-21,27,29H,2,7-10H2,1,3-6H3/b12-11-/t14-,17-,18-,19-,20+,21-,23-,24-/m0/s1. The minimum absolute atomic E-state index is 0.349. The lowest BCUT2D eigenvalue weighted by Gasteiger charge is -2.55. The highest BCUT2D eigenvalue weighted by molar-refractivity contribution is 5.77. The molecule has 0 spiro atoms. The summed E-state index contributed by atoms with van der Waals surface area (Å²) in [7, 11) is 0. The maximum absolute atomic E-state index is 12.6. The van der Waals surface area contributed by atoms with Crippen LogP contribution in [0.25, 0.3) is 0 Å². The number of rotatable bonds is 2. The van der Waals surface area contributed by atoms with Crippen LogP contribution in [0.3, 0.4) is 0 Å². The summed E-state index contributed by atoms with van der Waals surface area (Å²) in [6, 6.07) is 0. The predicted molar refractivity (Wildman–Crippen MR) is 114 cm³/mol. The molecule has 1 saturated heterocycles. The zero-order valence-electron chi connectivity index (χ0n) is 19.4. The van der Waals surface area contributed by atoms with Gasteiger partial charge in [-0.1, -0.05) is 24.6 Å². The zero-order chi connectivity index (χ0) is 24.0. The molecule has 8 atom stereocenters. The van der Waals surface area contributed by atoms with Crippen molar-refractivity contribution in [2.75, 3.05) is 0 Å². The predicted octanol–water partition coefficient (Wildman–Crippen LogP) is 2.22. The topological polar surface area (TPSA) is 119 Å². The number of aliphatic hydroxyl groups excluding tert-OH is 1. The Kier molecular flexibility index (Phi) is 6.60. The van der Waals surface area contributed by atoms with Crippen molar-refractivity contribution in [1.82, 2.24) is 0 Å². The van der Waals surface area contributed by atoms with Crippen LogP contribution in [0.1, 0.15) is 60.3 Å². The molecular weight excluding hydrogens is 416 g/mol. The third kappa shape index (κ3) is 3.88. The van der Waals surface area contributed by atoms with E-state index >= 15 is 0 Å². The number of carbonyl (C=O) groups excluding carboxylic acids is 3. The van der Waals surface area contributed by atoms with E-state index in [2.05, 4.69) is 6.58 Å². The van der Waals surface area contributed by atoms with Crippen molar-refractivity contribution in [1.29, 1.82) is 0 Å². The Bertz CT molecular complexity index is 847. The molecule has 3 aliphatic rings. The highest BCUT2D eigenvalue weighted by Gasteiger charge is 2.66. The lowest BCUT2D eigenvalue weighted by Crippen LogP contribution is -2.65. The van der Waals surface area contributed by atoms with Crippen LogP contribution in [0.15, 0.2) is 23.8 Å². The minimum atomic E-state index is -1.89. The first kappa shape index (κ1) is 24.5. The molecule has 0 radical (unpaired) electrons. The largest absolute Gasteiger partial charge is 0.462 e. The maximum Gasteiger partial charge on any atom is 0.312 e. The van der Waals surface area contributed by atoms with Crippen molar-refractivity contribution < 1.29 is 38.8 Å². The number of hydrogen-bond acceptors (Lipinski definition) is 8. The Morgan fingerprint density at radius 3 is 2.41 bits per heavy atom. The summed E-state index contributed by atoms with van der Waals surface area (Å²) in [6.45, 7) is 11.9. The van der Waals surface area contributed by atoms with E-state index in [9.17, 15) is 24.6 Å². The van der Waals surface area contributed by atoms with Crippen molar-refractivity contribution in [3.8, 4) is 0 Å². The van der Waals surface area contributed by atoms with Crippen molar-refractivity contribution >= 4 is 17.9 Å². The van der Waals surface area contributed by atoms with Gasteiger partial charge in [-0.3, -0.25) is 14.4 Å². The quantitative estimate of drug-likeness (QED) is 0.373. The first-order valence-corrected chi connectivity index (χ1v) is 11.1. The molecule has 0 unspecified atom stereocenters. The average molecular weight is 451 g/mol. The molecule has 1 heterocycles. The van der Waals surface area contributed by atoms with Crippen LogP contribution >= 0.6 is 0 Å². The molecule has 178 valence electrons. The van der Waals surface area contributed by atoms with Gasteiger partial charge in [0.1, 0.15) is 12.2 Å². The molecule has 32 heavy (non-hydrogen) atoms. The molecule has 2 aliphatic carbocycles. The highest BCUT2D eigenvalue weighted by atomic mass is 16.6. The highest BCUT2D eigenvalue weighted by Crippen LogP contribution is 2.55. The van der Waals surface area contributed by atoms with Crippen LogP contribution in [0, 0.1) is 17.3 Å². The summed E-state index contributed by atoms with van der Waals surface area (Å²) in [5.74, 6) is -3.51. The molecule has 0 bridgehead atoms. The smallest absolute Gasteiger partial charge is 0.312 e. The lowest BCUT2D eigenvalue weighted by atomic mass is 9.55. The first-order valence-electron chi connectivity index (χ1n) is 11.1. The van der Waals surface area contributed by atoms with Gasteiger partial charge >= 0.3 is 17.9 Å². The van der Waals surface area contributed by atoms with Gasteiger partial charge in [-0.05, 0) is 45.6 Å². The van der Waals surface area contributed by atoms with Gasteiger partial charge in [0.2, 0.25) is 0 Å². The third-order valence-electron chi connectivity index (χ3n) is 7.60. The molecule has 2 N–H and O–H groups in total. The van der Waals surface area contributed by atoms with Crippen molar-refractivity contribution in [3.63, 3.8) is 0 Å². The van der Waals surface area contributed by atoms with Crippen LogP contribution in [0.5, 0.6) is 0 Å². The fraction of sp³-hybridized carbons (Fsp3) is 0.708. The molecule has 3 rings (SSSR count). The van der Waals surface area contributed by atoms with Crippen molar-refractivity contribution in [2.45, 2.75) is 90.3 Å². The number of ether oxygens (including phenoxy) is 3. The SMILES string of the molecule is C=C1CC[C@H](OC(C)=O)[C@@]2(C)[C@H]1[C@H](OC(C)=O)[C@@]1(O)[C@H](/C=C(/C)CC[C@@H]2O)OC(=O)[C@@H]1C. The van der Waals surface area contributed by atoms with Crippen molar-refractivity contribution in [3.05, 3.63) is 23.8 Å². The van der Waals surface area contributed by atoms with Crippen LogP contribution < -0.4 is 0 Å². The Hall–Kier alpha value is -2.19. The molecule has 0 amide bonds. The number of esters is 3. The van der Waals surface area contributed by atoms with Gasteiger partial charge in [-0.2, -0.15) is 0 Å². The molecule has 0 aromatic rings. The van der Waals surface area contributed by atoms with E-state index in [0.717, 1.165) is 5.57 Å². The van der Waals surface area contributed by atoms with Gasteiger partial charge in [0.25, 0.3) is 0 Å².